The summed E-state index contributed by atoms with van der Waals surface area (Å²) in [6.45, 7) is 7.41. The van der Waals surface area contributed by atoms with Gasteiger partial charge < -0.3 is 5.32 Å². The maximum absolute atomic E-state index is 12.8. The van der Waals surface area contributed by atoms with Gasteiger partial charge in [0.15, 0.2) is 0 Å². The average Bonchev–Trinajstić information content (AvgIpc) is 2.85. The maximum Gasteiger partial charge on any atom is 0.261 e. The third-order valence-electron chi connectivity index (χ3n) is 6.41. The fourth-order valence-electron chi connectivity index (χ4n) is 4.22. The molecule has 35 heavy (non-hydrogen) atoms. The van der Waals surface area contributed by atoms with Crippen molar-refractivity contribution >= 4 is 21.6 Å². The lowest BCUT2D eigenvalue weighted by Gasteiger charge is -2.26. The first-order valence-corrected chi connectivity index (χ1v) is 13.6. The molecule has 1 aliphatic heterocycles. The van der Waals surface area contributed by atoms with Crippen molar-refractivity contribution in [3.05, 3.63) is 94.5 Å². The molecular formula is C28H33N3O3S. The third kappa shape index (κ3) is 6.71. The van der Waals surface area contributed by atoms with Gasteiger partial charge in [0.2, 0.25) is 0 Å². The molecule has 1 amide bonds. The first-order chi connectivity index (χ1) is 16.8. The molecule has 1 heterocycles. The number of benzene rings is 3. The molecule has 0 aliphatic carbocycles. The van der Waals surface area contributed by atoms with Crippen molar-refractivity contribution in [3.8, 4) is 0 Å². The Labute approximate surface area is 208 Å². The monoisotopic (exact) mass is 491 g/mol. The van der Waals surface area contributed by atoms with Gasteiger partial charge in [-0.1, -0.05) is 54.4 Å². The zero-order chi connectivity index (χ0) is 24.8. The van der Waals surface area contributed by atoms with Crippen molar-refractivity contribution in [3.63, 3.8) is 0 Å². The summed E-state index contributed by atoms with van der Waals surface area (Å²) < 4.78 is 28.2. The van der Waals surface area contributed by atoms with E-state index in [9.17, 15) is 13.2 Å². The van der Waals surface area contributed by atoms with Gasteiger partial charge in [0.05, 0.1) is 10.6 Å². The number of anilines is 1. The fraction of sp³-hybridized carbons (Fsp3) is 0.321. The number of likely N-dealkylation sites (tertiary alicyclic amines) is 1. The molecule has 1 aliphatic rings. The summed E-state index contributed by atoms with van der Waals surface area (Å²) in [7, 11) is -3.75. The lowest BCUT2D eigenvalue weighted by Crippen LogP contribution is -2.29. The number of aryl methyl sites for hydroxylation is 2. The smallest absolute Gasteiger partial charge is 0.261 e. The predicted octanol–water partition coefficient (Wildman–Crippen LogP) is 5.02. The molecular weight excluding hydrogens is 458 g/mol. The maximum atomic E-state index is 12.8. The Morgan fingerprint density at radius 2 is 1.51 bits per heavy atom. The molecule has 0 radical (unpaired) electrons. The van der Waals surface area contributed by atoms with E-state index in [0.29, 0.717) is 17.8 Å². The highest BCUT2D eigenvalue weighted by molar-refractivity contribution is 7.92. The highest BCUT2D eigenvalue weighted by atomic mass is 32.2. The van der Waals surface area contributed by atoms with Crippen LogP contribution < -0.4 is 10.0 Å². The summed E-state index contributed by atoms with van der Waals surface area (Å²) >= 11 is 0. The minimum atomic E-state index is -3.75. The van der Waals surface area contributed by atoms with Crippen molar-refractivity contribution < 1.29 is 13.2 Å². The van der Waals surface area contributed by atoms with E-state index in [4.69, 9.17) is 0 Å². The summed E-state index contributed by atoms with van der Waals surface area (Å²) in [5.41, 5.74) is 4.82. The summed E-state index contributed by atoms with van der Waals surface area (Å²) in [4.78, 5) is 15.5. The first kappa shape index (κ1) is 24.9. The summed E-state index contributed by atoms with van der Waals surface area (Å²) in [6, 6.07) is 20.0. The van der Waals surface area contributed by atoms with Crippen LogP contribution >= 0.6 is 0 Å². The number of hydrogen-bond acceptors (Lipinski definition) is 4. The molecule has 2 N–H and O–H groups in total. The quantitative estimate of drug-likeness (QED) is 0.464. The second kappa shape index (κ2) is 11.1. The lowest BCUT2D eigenvalue weighted by molar-refractivity contribution is 0.0951. The van der Waals surface area contributed by atoms with Gasteiger partial charge in [-0.25, -0.2) is 8.42 Å². The topological polar surface area (TPSA) is 78.5 Å². The molecule has 0 aromatic heterocycles. The SMILES string of the molecule is Cc1ccc(S(=O)(=O)Nc2cc(C(=O)NCc3ccc(CN4CCCCC4)cc3)ccc2C)cc1. The second-order valence-corrected chi connectivity index (χ2v) is 11.0. The second-order valence-electron chi connectivity index (χ2n) is 9.28. The van der Waals surface area contributed by atoms with E-state index in [1.807, 2.05) is 6.92 Å². The van der Waals surface area contributed by atoms with Gasteiger partial charge in [0.25, 0.3) is 15.9 Å². The van der Waals surface area contributed by atoms with Gasteiger partial charge in [-0.2, -0.15) is 0 Å². The number of piperidine rings is 1. The van der Waals surface area contributed by atoms with Crippen LogP contribution in [0.4, 0.5) is 5.69 Å². The molecule has 1 saturated heterocycles. The van der Waals surface area contributed by atoms with Crippen LogP contribution in [0.1, 0.15) is 51.9 Å². The molecule has 0 saturated carbocycles. The van der Waals surface area contributed by atoms with Gasteiger partial charge in [0, 0.05) is 18.7 Å². The number of nitrogens with one attached hydrogen (secondary N) is 2. The zero-order valence-corrected chi connectivity index (χ0v) is 21.2. The Hall–Kier alpha value is -3.16. The van der Waals surface area contributed by atoms with Gasteiger partial charge >= 0.3 is 0 Å². The number of carbonyl (C=O) groups excluding carboxylic acids is 1. The van der Waals surface area contributed by atoms with E-state index in [-0.39, 0.29) is 10.8 Å². The molecule has 0 spiro atoms. The van der Waals surface area contributed by atoms with Crippen LogP contribution in [0.15, 0.2) is 71.6 Å². The zero-order valence-electron chi connectivity index (χ0n) is 20.4. The number of rotatable bonds is 8. The Bertz CT molecular complexity index is 1260. The van der Waals surface area contributed by atoms with Crippen LogP contribution in [-0.2, 0) is 23.1 Å². The minimum absolute atomic E-state index is 0.182. The normalized spacial score (nSPS) is 14.5. The van der Waals surface area contributed by atoms with E-state index < -0.39 is 10.0 Å². The van der Waals surface area contributed by atoms with E-state index in [1.54, 1.807) is 49.4 Å². The van der Waals surface area contributed by atoms with E-state index in [0.717, 1.165) is 36.3 Å². The van der Waals surface area contributed by atoms with Crippen LogP contribution in [0.3, 0.4) is 0 Å². The van der Waals surface area contributed by atoms with E-state index >= 15 is 0 Å². The molecule has 7 heteroatoms. The molecule has 0 atom stereocenters. The molecule has 184 valence electrons. The number of sulfonamides is 1. The Balaban J connectivity index is 1.37. The van der Waals surface area contributed by atoms with Crippen LogP contribution in [-0.4, -0.2) is 32.3 Å². The molecule has 0 unspecified atom stereocenters. The van der Waals surface area contributed by atoms with Crippen molar-refractivity contribution in [1.82, 2.24) is 10.2 Å². The largest absolute Gasteiger partial charge is 0.348 e. The number of amides is 1. The van der Waals surface area contributed by atoms with Crippen molar-refractivity contribution in [2.45, 2.75) is 51.1 Å². The minimum Gasteiger partial charge on any atom is -0.348 e. The van der Waals surface area contributed by atoms with Crippen molar-refractivity contribution in [2.75, 3.05) is 17.8 Å². The highest BCUT2D eigenvalue weighted by Crippen LogP contribution is 2.22. The van der Waals surface area contributed by atoms with Crippen LogP contribution in [0.25, 0.3) is 0 Å². The van der Waals surface area contributed by atoms with E-state index in [1.165, 1.54) is 24.8 Å². The summed E-state index contributed by atoms with van der Waals surface area (Å²) in [5.74, 6) is -0.252. The van der Waals surface area contributed by atoms with Gasteiger partial charge in [0.1, 0.15) is 0 Å². The highest BCUT2D eigenvalue weighted by Gasteiger charge is 2.17. The Morgan fingerprint density at radius 1 is 0.857 bits per heavy atom. The molecule has 1 fully saturated rings. The molecule has 3 aromatic rings. The summed E-state index contributed by atoms with van der Waals surface area (Å²) in [6.07, 6.45) is 3.88. The Morgan fingerprint density at radius 3 is 2.20 bits per heavy atom. The van der Waals surface area contributed by atoms with Crippen molar-refractivity contribution in [1.29, 1.82) is 0 Å². The number of hydrogen-bond donors (Lipinski definition) is 2. The van der Waals surface area contributed by atoms with Crippen LogP contribution in [0.2, 0.25) is 0 Å². The summed E-state index contributed by atoms with van der Waals surface area (Å²) in [5, 5.41) is 2.94. The molecule has 0 bridgehead atoms. The van der Waals surface area contributed by atoms with Gasteiger partial charge in [-0.15, -0.1) is 0 Å². The van der Waals surface area contributed by atoms with Crippen LogP contribution in [0, 0.1) is 13.8 Å². The number of nitrogens with zero attached hydrogens (tertiary/aromatic N) is 1. The third-order valence-corrected chi connectivity index (χ3v) is 7.79. The lowest BCUT2D eigenvalue weighted by atomic mass is 10.1. The Kier molecular flexibility index (Phi) is 7.88. The fourth-order valence-corrected chi connectivity index (χ4v) is 5.34. The standard InChI is InChI=1S/C28H33N3O3S/c1-21-6-14-26(15-7-21)35(33,34)30-27-18-25(13-8-22(27)2)28(32)29-19-23-9-11-24(12-10-23)20-31-16-4-3-5-17-31/h6-15,18,30H,3-5,16-17,19-20H2,1-2H3,(H,29,32). The first-order valence-electron chi connectivity index (χ1n) is 12.1. The van der Waals surface area contributed by atoms with Crippen LogP contribution in [0.5, 0.6) is 0 Å². The van der Waals surface area contributed by atoms with Gasteiger partial charge in [-0.05, 0) is 80.7 Å². The van der Waals surface area contributed by atoms with Gasteiger partial charge in [-0.3, -0.25) is 14.4 Å². The molecule has 3 aromatic carbocycles. The average molecular weight is 492 g/mol. The molecule has 6 nitrogen and oxygen atoms in total. The van der Waals surface area contributed by atoms with E-state index in [2.05, 4.69) is 39.2 Å². The van der Waals surface area contributed by atoms with Crippen molar-refractivity contribution in [2.24, 2.45) is 0 Å². The predicted molar refractivity (Wildman–Crippen MR) is 140 cm³/mol. The molecule has 4 rings (SSSR count). The number of carbonyl (C=O) groups is 1.